The Balaban J connectivity index is 1.63. The van der Waals surface area contributed by atoms with Gasteiger partial charge >= 0.3 is 0 Å². The molecule has 1 unspecified atom stereocenters. The van der Waals surface area contributed by atoms with E-state index >= 15 is 0 Å². The number of nitrogens with zero attached hydrogens (tertiary/aromatic N) is 2. The number of amides is 2. The summed E-state index contributed by atoms with van der Waals surface area (Å²) in [6, 6.07) is 9.30. The molecule has 0 bridgehead atoms. The molecule has 2 aromatic carbocycles. The molecule has 0 radical (unpaired) electrons. The molecular weight excluding hydrogens is 398 g/mol. The van der Waals surface area contributed by atoms with Gasteiger partial charge in [0.15, 0.2) is 0 Å². The highest BCUT2D eigenvalue weighted by Crippen LogP contribution is 2.41. The standard InChI is InChI=1S/C23H29N3O3S/c1-23(2,29-3)12-14-25-18-11-10-17(15-7-6-8-16(20(15)18)22(25)28)24-21(27)19-9-4-5-13-26(19)30/h6-8,10-11,19,30H,4-5,9,12-14H2,1-3H3,(H,24,27). The molecule has 2 aliphatic rings. The van der Waals surface area contributed by atoms with Crippen molar-refractivity contribution in [2.75, 3.05) is 30.4 Å². The fourth-order valence-corrected chi connectivity index (χ4v) is 4.62. The molecule has 0 aliphatic carbocycles. The van der Waals surface area contributed by atoms with Gasteiger partial charge in [-0.3, -0.25) is 9.59 Å². The van der Waals surface area contributed by atoms with Crippen LogP contribution in [0.2, 0.25) is 0 Å². The number of hydrogen-bond donors (Lipinski definition) is 2. The van der Waals surface area contributed by atoms with Gasteiger partial charge in [0.25, 0.3) is 5.91 Å². The summed E-state index contributed by atoms with van der Waals surface area (Å²) in [4.78, 5) is 27.8. The van der Waals surface area contributed by atoms with Gasteiger partial charge in [0.05, 0.1) is 17.3 Å². The third-order valence-corrected chi connectivity index (χ3v) is 6.79. The maximum absolute atomic E-state index is 13.1. The molecule has 1 N–H and O–H groups in total. The Hall–Kier alpha value is -2.09. The second-order valence-electron chi connectivity index (χ2n) is 8.69. The van der Waals surface area contributed by atoms with Crippen molar-refractivity contribution in [3.63, 3.8) is 0 Å². The zero-order valence-electron chi connectivity index (χ0n) is 17.8. The van der Waals surface area contributed by atoms with E-state index in [0.717, 1.165) is 54.4 Å². The first-order valence-corrected chi connectivity index (χ1v) is 10.9. The number of benzene rings is 2. The van der Waals surface area contributed by atoms with E-state index in [1.165, 1.54) is 0 Å². The number of thiol groups is 1. The number of ether oxygens (including phenoxy) is 1. The average Bonchev–Trinajstić information content (AvgIpc) is 3.01. The summed E-state index contributed by atoms with van der Waals surface area (Å²) in [6.45, 7) is 5.42. The van der Waals surface area contributed by atoms with Gasteiger partial charge in [-0.05, 0) is 51.3 Å². The van der Waals surface area contributed by atoms with Crippen molar-refractivity contribution in [3.8, 4) is 0 Å². The maximum atomic E-state index is 13.1. The molecule has 2 aliphatic heterocycles. The van der Waals surface area contributed by atoms with E-state index in [9.17, 15) is 9.59 Å². The van der Waals surface area contributed by atoms with Crippen molar-refractivity contribution < 1.29 is 14.3 Å². The first kappa shape index (κ1) is 21.2. The van der Waals surface area contributed by atoms with Crippen molar-refractivity contribution in [1.29, 1.82) is 0 Å². The van der Waals surface area contributed by atoms with Gasteiger partial charge in [-0.1, -0.05) is 31.4 Å². The van der Waals surface area contributed by atoms with E-state index in [0.29, 0.717) is 12.1 Å². The molecule has 2 heterocycles. The minimum Gasteiger partial charge on any atom is -0.379 e. The van der Waals surface area contributed by atoms with Crippen LogP contribution in [0.25, 0.3) is 10.8 Å². The molecule has 1 atom stereocenters. The Bertz CT molecular complexity index is 991. The molecule has 160 valence electrons. The third kappa shape index (κ3) is 3.82. The number of methoxy groups -OCH3 is 1. The van der Waals surface area contributed by atoms with Crippen LogP contribution in [0, 0.1) is 0 Å². The summed E-state index contributed by atoms with van der Waals surface area (Å²) in [5.74, 6) is -0.0479. The van der Waals surface area contributed by atoms with Gasteiger partial charge in [-0.15, -0.1) is 0 Å². The topological polar surface area (TPSA) is 61.9 Å². The SMILES string of the molecule is COC(C)(C)CCN1C(=O)c2cccc3c(NC(=O)C4CCCCN4S)ccc1c23. The zero-order chi connectivity index (χ0) is 21.5. The Labute approximate surface area is 183 Å². The van der Waals surface area contributed by atoms with E-state index in [1.54, 1.807) is 7.11 Å². The first-order valence-electron chi connectivity index (χ1n) is 10.5. The fraction of sp³-hybridized carbons (Fsp3) is 0.478. The Kier molecular flexibility index (Phi) is 5.79. The van der Waals surface area contributed by atoms with Crippen LogP contribution in [0.1, 0.15) is 49.9 Å². The molecule has 2 amide bonds. The van der Waals surface area contributed by atoms with Crippen LogP contribution in [0.5, 0.6) is 0 Å². The predicted molar refractivity (Wildman–Crippen MR) is 123 cm³/mol. The number of piperidine rings is 1. The highest BCUT2D eigenvalue weighted by molar-refractivity contribution is 7.77. The Morgan fingerprint density at radius 3 is 2.80 bits per heavy atom. The number of carbonyl (C=O) groups excluding carboxylic acids is 2. The lowest BCUT2D eigenvalue weighted by Gasteiger charge is -2.30. The van der Waals surface area contributed by atoms with Gasteiger partial charge in [-0.2, -0.15) is 0 Å². The van der Waals surface area contributed by atoms with Gasteiger partial charge in [-0.25, -0.2) is 4.31 Å². The number of hydrogen-bond acceptors (Lipinski definition) is 5. The lowest BCUT2D eigenvalue weighted by atomic mass is 10.0. The number of anilines is 2. The predicted octanol–water partition coefficient (Wildman–Crippen LogP) is 4.25. The molecular formula is C23H29N3O3S. The van der Waals surface area contributed by atoms with Crippen LogP contribution in [0.3, 0.4) is 0 Å². The highest BCUT2D eigenvalue weighted by Gasteiger charge is 2.33. The van der Waals surface area contributed by atoms with E-state index in [-0.39, 0.29) is 23.5 Å². The molecule has 6 nitrogen and oxygen atoms in total. The van der Waals surface area contributed by atoms with Gasteiger partial charge in [0, 0.05) is 42.2 Å². The second-order valence-corrected chi connectivity index (χ2v) is 9.21. The van der Waals surface area contributed by atoms with Crippen molar-refractivity contribution in [2.45, 2.75) is 51.2 Å². The molecule has 7 heteroatoms. The zero-order valence-corrected chi connectivity index (χ0v) is 18.7. The summed E-state index contributed by atoms with van der Waals surface area (Å²) in [5.41, 5.74) is 2.01. The summed E-state index contributed by atoms with van der Waals surface area (Å²) in [5, 5.41) is 4.88. The van der Waals surface area contributed by atoms with Crippen LogP contribution in [0.4, 0.5) is 11.4 Å². The third-order valence-electron chi connectivity index (χ3n) is 6.31. The minimum atomic E-state index is -0.305. The monoisotopic (exact) mass is 427 g/mol. The van der Waals surface area contributed by atoms with Crippen LogP contribution in [-0.2, 0) is 9.53 Å². The van der Waals surface area contributed by atoms with Crippen molar-refractivity contribution in [1.82, 2.24) is 4.31 Å². The summed E-state index contributed by atoms with van der Waals surface area (Å²) >= 11 is 4.47. The molecule has 0 spiro atoms. The van der Waals surface area contributed by atoms with Crippen LogP contribution < -0.4 is 10.2 Å². The normalized spacial score (nSPS) is 19.5. The van der Waals surface area contributed by atoms with E-state index < -0.39 is 0 Å². The van der Waals surface area contributed by atoms with Crippen molar-refractivity contribution in [2.24, 2.45) is 0 Å². The van der Waals surface area contributed by atoms with Gasteiger partial charge < -0.3 is 15.0 Å². The van der Waals surface area contributed by atoms with Crippen LogP contribution in [-0.4, -0.2) is 48.0 Å². The fourth-order valence-electron chi connectivity index (χ4n) is 4.26. The average molecular weight is 428 g/mol. The summed E-state index contributed by atoms with van der Waals surface area (Å²) < 4.78 is 7.34. The van der Waals surface area contributed by atoms with E-state index in [1.807, 2.05) is 53.4 Å². The Morgan fingerprint density at radius 2 is 2.07 bits per heavy atom. The summed E-state index contributed by atoms with van der Waals surface area (Å²) in [7, 11) is 1.69. The lowest BCUT2D eigenvalue weighted by Crippen LogP contribution is -2.42. The van der Waals surface area contributed by atoms with Crippen molar-refractivity contribution >= 4 is 46.8 Å². The lowest BCUT2D eigenvalue weighted by molar-refractivity contribution is -0.120. The highest BCUT2D eigenvalue weighted by atomic mass is 32.1. The number of nitrogens with one attached hydrogen (secondary N) is 1. The summed E-state index contributed by atoms with van der Waals surface area (Å²) in [6.07, 6.45) is 3.62. The smallest absolute Gasteiger partial charge is 0.258 e. The minimum absolute atomic E-state index is 0.000191. The molecule has 1 fully saturated rings. The van der Waals surface area contributed by atoms with Gasteiger partial charge in [0.1, 0.15) is 0 Å². The van der Waals surface area contributed by atoms with E-state index in [2.05, 4.69) is 18.1 Å². The van der Waals surface area contributed by atoms with E-state index in [4.69, 9.17) is 4.74 Å². The second kappa shape index (κ2) is 8.21. The Morgan fingerprint density at radius 1 is 1.27 bits per heavy atom. The van der Waals surface area contributed by atoms with Crippen LogP contribution in [0.15, 0.2) is 30.3 Å². The molecule has 0 saturated carbocycles. The quantitative estimate of drug-likeness (QED) is 0.677. The first-order chi connectivity index (χ1) is 14.3. The molecule has 1 saturated heterocycles. The number of carbonyl (C=O) groups is 2. The number of rotatable bonds is 6. The molecule has 0 aromatic heterocycles. The van der Waals surface area contributed by atoms with Gasteiger partial charge in [0.2, 0.25) is 5.91 Å². The van der Waals surface area contributed by atoms with Crippen LogP contribution >= 0.6 is 12.8 Å². The molecule has 4 rings (SSSR count). The largest absolute Gasteiger partial charge is 0.379 e. The molecule has 2 aromatic rings. The maximum Gasteiger partial charge on any atom is 0.258 e. The molecule has 30 heavy (non-hydrogen) atoms. The van der Waals surface area contributed by atoms with Crippen molar-refractivity contribution in [3.05, 3.63) is 35.9 Å².